The van der Waals surface area contributed by atoms with Crippen molar-refractivity contribution in [3.05, 3.63) is 66.3 Å². The fraction of sp³-hybridized carbons (Fsp3) is 0.136. The van der Waals surface area contributed by atoms with Gasteiger partial charge in [-0.05, 0) is 29.8 Å². The number of phenolic OH excluding ortho intramolecular Hbond substituents is 1. The second-order valence-electron chi connectivity index (χ2n) is 6.56. The molecule has 2 heterocycles. The summed E-state index contributed by atoms with van der Waals surface area (Å²) in [5.74, 6) is 0.881. The molecule has 0 fully saturated rings. The Bertz CT molecular complexity index is 1130. The lowest BCUT2D eigenvalue weighted by atomic mass is 10.1. The number of hydrogen-bond acceptors (Lipinski definition) is 6. The van der Waals surface area contributed by atoms with Gasteiger partial charge in [-0.25, -0.2) is 9.97 Å². The number of hydrogen-bond donors (Lipinski definition) is 2. The Hall–Kier alpha value is -3.45. The average molecular weight is 404 g/mol. The van der Waals surface area contributed by atoms with Crippen LogP contribution in [0.2, 0.25) is 0 Å². The Kier molecular flexibility index (Phi) is 5.39. The zero-order valence-electron chi connectivity index (χ0n) is 15.9. The van der Waals surface area contributed by atoms with Crippen LogP contribution >= 0.6 is 11.3 Å². The number of aromatic hydroxyl groups is 1. The Morgan fingerprint density at radius 3 is 2.62 bits per heavy atom. The summed E-state index contributed by atoms with van der Waals surface area (Å²) in [5, 5.41) is 15.8. The van der Waals surface area contributed by atoms with Gasteiger partial charge in [0.2, 0.25) is 5.91 Å². The third-order valence-electron chi connectivity index (χ3n) is 4.70. The van der Waals surface area contributed by atoms with Gasteiger partial charge >= 0.3 is 0 Å². The van der Waals surface area contributed by atoms with E-state index in [1.807, 2.05) is 18.2 Å². The predicted octanol–water partition coefficient (Wildman–Crippen LogP) is 4.53. The molecule has 146 valence electrons. The molecule has 0 aliphatic heterocycles. The van der Waals surface area contributed by atoms with Gasteiger partial charge in [-0.3, -0.25) is 4.79 Å². The topological polar surface area (TPSA) is 78.4 Å². The summed E-state index contributed by atoms with van der Waals surface area (Å²) in [5.41, 5.74) is 2.93. The van der Waals surface area contributed by atoms with E-state index in [-0.39, 0.29) is 11.7 Å². The van der Waals surface area contributed by atoms with Crippen molar-refractivity contribution in [1.29, 1.82) is 0 Å². The van der Waals surface area contributed by atoms with Gasteiger partial charge < -0.3 is 15.3 Å². The Morgan fingerprint density at radius 2 is 1.86 bits per heavy atom. The molecule has 0 atom stereocenters. The SMILES string of the molecule is CN(C(=O)CCNc1ncnc2scc(-c3ccccc3)c12)c1ccc(O)cc1. The third-order valence-corrected chi connectivity index (χ3v) is 5.58. The highest BCUT2D eigenvalue weighted by molar-refractivity contribution is 7.17. The summed E-state index contributed by atoms with van der Waals surface area (Å²) in [6, 6.07) is 16.7. The monoisotopic (exact) mass is 404 g/mol. The normalized spacial score (nSPS) is 10.8. The highest BCUT2D eigenvalue weighted by Gasteiger charge is 2.14. The molecule has 2 aromatic heterocycles. The Balaban J connectivity index is 1.48. The van der Waals surface area contributed by atoms with E-state index in [0.717, 1.165) is 32.8 Å². The molecule has 4 aromatic rings. The maximum atomic E-state index is 12.5. The summed E-state index contributed by atoms with van der Waals surface area (Å²) in [4.78, 5) is 23.8. The van der Waals surface area contributed by atoms with Crippen LogP contribution < -0.4 is 10.2 Å². The van der Waals surface area contributed by atoms with E-state index < -0.39 is 0 Å². The molecule has 29 heavy (non-hydrogen) atoms. The second-order valence-corrected chi connectivity index (χ2v) is 7.42. The van der Waals surface area contributed by atoms with E-state index in [9.17, 15) is 9.90 Å². The molecule has 0 saturated heterocycles. The molecule has 2 N–H and O–H groups in total. The van der Waals surface area contributed by atoms with Crippen molar-refractivity contribution in [3.8, 4) is 16.9 Å². The minimum atomic E-state index is -0.0258. The number of carbonyl (C=O) groups is 1. The van der Waals surface area contributed by atoms with Crippen molar-refractivity contribution in [2.24, 2.45) is 0 Å². The van der Waals surface area contributed by atoms with Gasteiger partial charge in [0.1, 0.15) is 22.7 Å². The number of carbonyl (C=O) groups excluding carboxylic acids is 1. The summed E-state index contributed by atoms with van der Waals surface area (Å²) in [6.45, 7) is 0.456. The predicted molar refractivity (Wildman–Crippen MR) is 117 cm³/mol. The summed E-state index contributed by atoms with van der Waals surface area (Å²) < 4.78 is 0. The number of fused-ring (bicyclic) bond motifs is 1. The van der Waals surface area contributed by atoms with Crippen LogP contribution in [0.1, 0.15) is 6.42 Å². The van der Waals surface area contributed by atoms with E-state index in [4.69, 9.17) is 0 Å². The van der Waals surface area contributed by atoms with Crippen LogP contribution in [0.15, 0.2) is 66.3 Å². The van der Waals surface area contributed by atoms with Gasteiger partial charge in [-0.2, -0.15) is 0 Å². The van der Waals surface area contributed by atoms with Crippen LogP contribution in [-0.4, -0.2) is 34.6 Å². The Morgan fingerprint density at radius 1 is 1.10 bits per heavy atom. The van der Waals surface area contributed by atoms with Gasteiger partial charge in [0, 0.05) is 36.6 Å². The van der Waals surface area contributed by atoms with Crippen molar-refractivity contribution in [1.82, 2.24) is 9.97 Å². The van der Waals surface area contributed by atoms with Crippen LogP contribution in [0.5, 0.6) is 5.75 Å². The second kappa shape index (κ2) is 8.28. The highest BCUT2D eigenvalue weighted by Crippen LogP contribution is 2.36. The lowest BCUT2D eigenvalue weighted by Gasteiger charge is -2.17. The number of aromatic nitrogens is 2. The van der Waals surface area contributed by atoms with Gasteiger partial charge in [0.25, 0.3) is 0 Å². The lowest BCUT2D eigenvalue weighted by Crippen LogP contribution is -2.27. The van der Waals surface area contributed by atoms with Gasteiger partial charge in [0.05, 0.1) is 5.39 Å². The molecule has 0 aliphatic rings. The number of anilines is 2. The molecular weight excluding hydrogens is 384 g/mol. The highest BCUT2D eigenvalue weighted by atomic mass is 32.1. The van der Waals surface area contributed by atoms with Crippen molar-refractivity contribution >= 4 is 39.0 Å². The lowest BCUT2D eigenvalue weighted by molar-refractivity contribution is -0.118. The first-order chi connectivity index (χ1) is 14.1. The molecule has 0 bridgehead atoms. The summed E-state index contributed by atoms with van der Waals surface area (Å²) >= 11 is 1.58. The molecular formula is C22H20N4O2S. The maximum absolute atomic E-state index is 12.5. The van der Waals surface area contributed by atoms with Crippen molar-refractivity contribution in [2.75, 3.05) is 23.8 Å². The van der Waals surface area contributed by atoms with Crippen LogP contribution in [0, 0.1) is 0 Å². The molecule has 6 nitrogen and oxygen atoms in total. The van der Waals surface area contributed by atoms with E-state index in [1.54, 1.807) is 53.9 Å². The quantitative estimate of drug-likeness (QED) is 0.494. The smallest absolute Gasteiger partial charge is 0.228 e. The van der Waals surface area contributed by atoms with Crippen molar-refractivity contribution in [2.45, 2.75) is 6.42 Å². The van der Waals surface area contributed by atoms with E-state index in [2.05, 4.69) is 32.8 Å². The molecule has 2 aromatic carbocycles. The van der Waals surface area contributed by atoms with Gasteiger partial charge in [-0.15, -0.1) is 11.3 Å². The molecule has 0 spiro atoms. The fourth-order valence-corrected chi connectivity index (χ4v) is 4.03. The number of phenols is 1. The zero-order chi connectivity index (χ0) is 20.2. The molecule has 1 amide bonds. The van der Waals surface area contributed by atoms with Crippen LogP contribution in [0.3, 0.4) is 0 Å². The largest absolute Gasteiger partial charge is 0.508 e. The first-order valence-electron chi connectivity index (χ1n) is 9.20. The van der Waals surface area contributed by atoms with Crippen LogP contribution in [-0.2, 0) is 4.79 Å². The van der Waals surface area contributed by atoms with Crippen molar-refractivity contribution in [3.63, 3.8) is 0 Å². The fourth-order valence-electron chi connectivity index (χ4n) is 3.12. The first kappa shape index (κ1) is 18.9. The summed E-state index contributed by atoms with van der Waals surface area (Å²) in [7, 11) is 1.73. The molecule has 0 radical (unpaired) electrons. The zero-order valence-corrected chi connectivity index (χ0v) is 16.7. The number of thiophene rings is 1. The van der Waals surface area contributed by atoms with Gasteiger partial charge in [-0.1, -0.05) is 30.3 Å². The minimum Gasteiger partial charge on any atom is -0.508 e. The summed E-state index contributed by atoms with van der Waals surface area (Å²) in [6.07, 6.45) is 1.86. The maximum Gasteiger partial charge on any atom is 0.228 e. The first-order valence-corrected chi connectivity index (χ1v) is 10.1. The molecule has 7 heteroatoms. The minimum absolute atomic E-state index is 0.0258. The van der Waals surface area contributed by atoms with Gasteiger partial charge in [0.15, 0.2) is 0 Å². The molecule has 0 aliphatic carbocycles. The molecule has 0 saturated carbocycles. The van der Waals surface area contributed by atoms with E-state index in [0.29, 0.717) is 13.0 Å². The van der Waals surface area contributed by atoms with Crippen LogP contribution in [0.25, 0.3) is 21.3 Å². The third kappa shape index (κ3) is 4.05. The average Bonchev–Trinajstić information content (AvgIpc) is 3.19. The standard InChI is InChI=1S/C22H20N4O2S/c1-26(16-7-9-17(27)10-8-16)19(28)11-12-23-21-20-18(15-5-3-2-4-6-15)13-29-22(20)25-14-24-21/h2-10,13-14,27H,11-12H2,1H3,(H,23,24,25). The number of nitrogens with one attached hydrogen (secondary N) is 1. The number of rotatable bonds is 6. The van der Waals surface area contributed by atoms with Crippen LogP contribution in [0.4, 0.5) is 11.5 Å². The molecule has 4 rings (SSSR count). The number of amides is 1. The Labute approximate surface area is 172 Å². The van der Waals surface area contributed by atoms with E-state index >= 15 is 0 Å². The number of nitrogens with zero attached hydrogens (tertiary/aromatic N) is 3. The number of benzene rings is 2. The molecule has 0 unspecified atom stereocenters. The van der Waals surface area contributed by atoms with Crippen molar-refractivity contribution < 1.29 is 9.90 Å². The van der Waals surface area contributed by atoms with E-state index in [1.165, 1.54) is 0 Å².